The minimum atomic E-state index is -0.0481. The minimum Gasteiger partial charge on any atom is -0.495 e. The highest BCUT2D eigenvalue weighted by Gasteiger charge is 2.09. The molecule has 0 radical (unpaired) electrons. The van der Waals surface area contributed by atoms with Crippen LogP contribution in [0.25, 0.3) is 0 Å². The summed E-state index contributed by atoms with van der Waals surface area (Å²) in [6, 6.07) is 3.23. The molecule has 1 aromatic rings. The molecule has 0 aliphatic heterocycles. The number of likely N-dealkylation sites (N-methyl/N-ethyl adjacent to an activating group) is 1. The maximum atomic E-state index is 11.4. The molecule has 0 aromatic heterocycles. The van der Waals surface area contributed by atoms with Gasteiger partial charge in [0.05, 0.1) is 29.4 Å². The number of carbonyl (C=O) groups excluding carboxylic acids is 1. The predicted molar refractivity (Wildman–Crippen MR) is 70.2 cm³/mol. The summed E-state index contributed by atoms with van der Waals surface area (Å²) in [6.07, 6.45) is 0. The topological polar surface area (TPSA) is 41.6 Å². The van der Waals surface area contributed by atoms with Crippen LogP contribution < -0.4 is 10.1 Å². The molecule has 1 aromatic carbocycles. The van der Waals surface area contributed by atoms with E-state index in [1.807, 2.05) is 0 Å². The summed E-state index contributed by atoms with van der Waals surface area (Å²) >= 11 is 12.0. The van der Waals surface area contributed by atoms with Gasteiger partial charge < -0.3 is 15.0 Å². The number of rotatable bonds is 4. The molecule has 0 atom stereocenters. The summed E-state index contributed by atoms with van der Waals surface area (Å²) in [4.78, 5) is 12.9. The third-order valence-electron chi connectivity index (χ3n) is 2.17. The van der Waals surface area contributed by atoms with E-state index in [1.54, 1.807) is 26.2 Å². The zero-order valence-electron chi connectivity index (χ0n) is 9.88. The Balaban J connectivity index is 2.79. The van der Waals surface area contributed by atoms with E-state index < -0.39 is 0 Å². The molecule has 1 amide bonds. The zero-order chi connectivity index (χ0) is 13.0. The fraction of sp³-hybridized carbons (Fsp3) is 0.364. The maximum absolute atomic E-state index is 11.4. The van der Waals surface area contributed by atoms with E-state index in [0.717, 1.165) is 0 Å². The van der Waals surface area contributed by atoms with Crippen LogP contribution in [0.2, 0.25) is 10.0 Å². The summed E-state index contributed by atoms with van der Waals surface area (Å²) in [5.41, 5.74) is 0.604. The fourth-order valence-electron chi connectivity index (χ4n) is 1.15. The van der Waals surface area contributed by atoms with Crippen LogP contribution in [-0.2, 0) is 4.79 Å². The average molecular weight is 277 g/mol. The lowest BCUT2D eigenvalue weighted by Gasteiger charge is -2.13. The van der Waals surface area contributed by atoms with Crippen molar-refractivity contribution in [1.29, 1.82) is 0 Å². The molecule has 0 unspecified atom stereocenters. The van der Waals surface area contributed by atoms with Gasteiger partial charge in [0.15, 0.2) is 0 Å². The number of amides is 1. The molecule has 0 aliphatic carbocycles. The summed E-state index contributed by atoms with van der Waals surface area (Å²) in [5, 5.41) is 3.82. The monoisotopic (exact) mass is 276 g/mol. The fourth-order valence-corrected chi connectivity index (χ4v) is 1.61. The minimum absolute atomic E-state index is 0.0481. The van der Waals surface area contributed by atoms with Gasteiger partial charge >= 0.3 is 0 Å². The van der Waals surface area contributed by atoms with Gasteiger partial charge in [-0.2, -0.15) is 0 Å². The lowest BCUT2D eigenvalue weighted by atomic mass is 10.3. The number of nitrogens with zero attached hydrogens (tertiary/aromatic N) is 1. The average Bonchev–Trinajstić information content (AvgIpc) is 2.29. The van der Waals surface area contributed by atoms with Gasteiger partial charge in [0.25, 0.3) is 0 Å². The molecule has 6 heteroatoms. The van der Waals surface area contributed by atoms with Crippen LogP contribution in [-0.4, -0.2) is 38.6 Å². The van der Waals surface area contributed by atoms with E-state index >= 15 is 0 Å². The molecule has 0 bridgehead atoms. The number of hydrogen-bond acceptors (Lipinski definition) is 3. The van der Waals surface area contributed by atoms with Crippen molar-refractivity contribution in [1.82, 2.24) is 4.90 Å². The molecule has 94 valence electrons. The molecule has 4 nitrogen and oxygen atoms in total. The van der Waals surface area contributed by atoms with E-state index in [9.17, 15) is 4.79 Å². The summed E-state index contributed by atoms with van der Waals surface area (Å²) < 4.78 is 5.03. The van der Waals surface area contributed by atoms with Gasteiger partial charge in [0.1, 0.15) is 5.75 Å². The van der Waals surface area contributed by atoms with E-state index in [-0.39, 0.29) is 12.5 Å². The number of methoxy groups -OCH3 is 1. The molecule has 0 saturated heterocycles. The number of anilines is 1. The van der Waals surface area contributed by atoms with Crippen LogP contribution in [0.5, 0.6) is 5.75 Å². The Kier molecular flexibility index (Phi) is 4.90. The predicted octanol–water partition coefficient (Wildman–Crippen LogP) is 2.50. The maximum Gasteiger partial charge on any atom is 0.241 e. The van der Waals surface area contributed by atoms with Crippen molar-refractivity contribution < 1.29 is 9.53 Å². The molecular weight excluding hydrogens is 263 g/mol. The van der Waals surface area contributed by atoms with Gasteiger partial charge in [-0.3, -0.25) is 4.79 Å². The Morgan fingerprint density at radius 2 is 2.00 bits per heavy atom. The highest BCUT2D eigenvalue weighted by Crippen LogP contribution is 2.33. The van der Waals surface area contributed by atoms with Gasteiger partial charge in [0, 0.05) is 20.2 Å². The quantitative estimate of drug-likeness (QED) is 0.919. The summed E-state index contributed by atoms with van der Waals surface area (Å²) in [7, 11) is 4.89. The first kappa shape index (κ1) is 13.9. The second-order valence-electron chi connectivity index (χ2n) is 3.61. The first-order valence-electron chi connectivity index (χ1n) is 4.92. The number of benzene rings is 1. The van der Waals surface area contributed by atoms with Crippen LogP contribution in [0.1, 0.15) is 0 Å². The molecular formula is C11H14Cl2N2O2. The summed E-state index contributed by atoms with van der Waals surface area (Å²) in [6.45, 7) is 0.162. The molecule has 17 heavy (non-hydrogen) atoms. The van der Waals surface area contributed by atoms with Gasteiger partial charge in [-0.05, 0) is 6.07 Å². The molecule has 0 fully saturated rings. The van der Waals surface area contributed by atoms with Crippen LogP contribution in [0.15, 0.2) is 12.1 Å². The number of ether oxygens (including phenoxy) is 1. The van der Waals surface area contributed by atoms with Gasteiger partial charge in [-0.1, -0.05) is 23.2 Å². The van der Waals surface area contributed by atoms with Crippen LogP contribution >= 0.6 is 23.2 Å². The number of nitrogens with one attached hydrogen (secondary N) is 1. The SMILES string of the molecule is COc1cc(Cl)c(NCC(=O)N(C)C)cc1Cl. The molecule has 1 rings (SSSR count). The molecule has 0 saturated carbocycles. The standard InChI is InChI=1S/C11H14Cl2N2O2/c1-15(2)11(16)6-14-9-4-8(13)10(17-3)5-7(9)12/h4-5,14H,6H2,1-3H3. The van der Waals surface area contributed by atoms with Gasteiger partial charge in [0.2, 0.25) is 5.91 Å². The van der Waals surface area contributed by atoms with Crippen LogP contribution in [0, 0.1) is 0 Å². The number of halogens is 2. The molecule has 0 heterocycles. The summed E-state index contributed by atoms with van der Waals surface area (Å²) in [5.74, 6) is 0.453. The van der Waals surface area contributed by atoms with Crippen LogP contribution in [0.3, 0.4) is 0 Å². The van der Waals surface area contributed by atoms with Gasteiger partial charge in [-0.25, -0.2) is 0 Å². The van der Waals surface area contributed by atoms with E-state index in [0.29, 0.717) is 21.5 Å². The Morgan fingerprint density at radius 3 is 2.53 bits per heavy atom. The Labute approximate surface area is 110 Å². The second kappa shape index (κ2) is 5.98. The lowest BCUT2D eigenvalue weighted by Crippen LogP contribution is -2.28. The Bertz CT molecular complexity index is 422. The molecule has 1 N–H and O–H groups in total. The molecule has 0 aliphatic rings. The van der Waals surface area contributed by atoms with Crippen molar-refractivity contribution in [3.63, 3.8) is 0 Å². The second-order valence-corrected chi connectivity index (χ2v) is 4.42. The van der Waals surface area contributed by atoms with E-state index in [2.05, 4.69) is 5.32 Å². The molecule has 0 spiro atoms. The highest BCUT2D eigenvalue weighted by molar-refractivity contribution is 6.36. The lowest BCUT2D eigenvalue weighted by molar-refractivity contribution is -0.126. The normalized spacial score (nSPS) is 9.94. The first-order valence-corrected chi connectivity index (χ1v) is 5.68. The first-order chi connectivity index (χ1) is 7.95. The van der Waals surface area contributed by atoms with E-state index in [1.165, 1.54) is 12.0 Å². The zero-order valence-corrected chi connectivity index (χ0v) is 11.4. The highest BCUT2D eigenvalue weighted by atomic mass is 35.5. The van der Waals surface area contributed by atoms with Crippen molar-refractivity contribution in [3.05, 3.63) is 22.2 Å². The van der Waals surface area contributed by atoms with E-state index in [4.69, 9.17) is 27.9 Å². The smallest absolute Gasteiger partial charge is 0.241 e. The van der Waals surface area contributed by atoms with Crippen molar-refractivity contribution >= 4 is 34.8 Å². The van der Waals surface area contributed by atoms with Crippen molar-refractivity contribution in [2.45, 2.75) is 0 Å². The van der Waals surface area contributed by atoms with Crippen molar-refractivity contribution in [2.24, 2.45) is 0 Å². The third-order valence-corrected chi connectivity index (χ3v) is 2.78. The van der Waals surface area contributed by atoms with Crippen LogP contribution in [0.4, 0.5) is 5.69 Å². The van der Waals surface area contributed by atoms with Crippen molar-refractivity contribution in [2.75, 3.05) is 33.1 Å². The van der Waals surface area contributed by atoms with Crippen molar-refractivity contribution in [3.8, 4) is 5.75 Å². The largest absolute Gasteiger partial charge is 0.495 e. The number of carbonyl (C=O) groups is 1. The van der Waals surface area contributed by atoms with Gasteiger partial charge in [-0.15, -0.1) is 0 Å². The third kappa shape index (κ3) is 3.68. The Hall–Kier alpha value is -1.13. The number of hydrogen-bond donors (Lipinski definition) is 1. The Morgan fingerprint density at radius 1 is 1.35 bits per heavy atom.